The fraction of sp³-hybridized carbons (Fsp3) is 0.455. The average Bonchev–Trinajstić information content (AvgIpc) is 2.43. The SMILES string of the molecule is Clc1nccn2nc3c(c12)CCCCC3. The van der Waals surface area contributed by atoms with Gasteiger partial charge in [-0.25, -0.2) is 9.50 Å². The minimum atomic E-state index is 0.577. The Morgan fingerprint density at radius 1 is 1.20 bits per heavy atom. The van der Waals surface area contributed by atoms with E-state index in [4.69, 9.17) is 11.6 Å². The summed E-state index contributed by atoms with van der Waals surface area (Å²) in [6, 6.07) is 0. The van der Waals surface area contributed by atoms with Gasteiger partial charge < -0.3 is 0 Å². The van der Waals surface area contributed by atoms with Gasteiger partial charge in [0, 0.05) is 18.0 Å². The van der Waals surface area contributed by atoms with E-state index in [0.717, 1.165) is 18.4 Å². The molecular formula is C11H12ClN3. The number of nitrogens with zero attached hydrogens (tertiary/aromatic N) is 3. The molecular weight excluding hydrogens is 210 g/mol. The number of aromatic nitrogens is 3. The van der Waals surface area contributed by atoms with Crippen LogP contribution in [0, 0.1) is 0 Å². The van der Waals surface area contributed by atoms with Crippen LogP contribution in [-0.2, 0) is 12.8 Å². The number of rotatable bonds is 0. The zero-order valence-corrected chi connectivity index (χ0v) is 9.17. The Morgan fingerprint density at radius 2 is 2.07 bits per heavy atom. The van der Waals surface area contributed by atoms with E-state index in [0.29, 0.717) is 5.15 Å². The normalized spacial score (nSPS) is 16.3. The highest BCUT2D eigenvalue weighted by Gasteiger charge is 2.17. The summed E-state index contributed by atoms with van der Waals surface area (Å²) in [6.45, 7) is 0. The summed E-state index contributed by atoms with van der Waals surface area (Å²) >= 11 is 6.12. The first kappa shape index (κ1) is 9.16. The van der Waals surface area contributed by atoms with Crippen molar-refractivity contribution in [1.29, 1.82) is 0 Å². The van der Waals surface area contributed by atoms with Gasteiger partial charge in [-0.3, -0.25) is 0 Å². The third-order valence-electron chi connectivity index (χ3n) is 3.02. The van der Waals surface area contributed by atoms with Crippen LogP contribution in [0.5, 0.6) is 0 Å². The van der Waals surface area contributed by atoms with Crippen molar-refractivity contribution in [3.05, 3.63) is 28.8 Å². The molecule has 4 heteroatoms. The highest BCUT2D eigenvalue weighted by Crippen LogP contribution is 2.27. The zero-order chi connectivity index (χ0) is 10.3. The largest absolute Gasteiger partial charge is 0.241 e. The number of halogens is 1. The van der Waals surface area contributed by atoms with Crippen LogP contribution in [0.3, 0.4) is 0 Å². The molecule has 78 valence electrons. The maximum absolute atomic E-state index is 6.12. The predicted octanol–water partition coefficient (Wildman–Crippen LogP) is 2.65. The monoisotopic (exact) mass is 221 g/mol. The van der Waals surface area contributed by atoms with Gasteiger partial charge in [0.1, 0.15) is 5.52 Å². The van der Waals surface area contributed by atoms with Gasteiger partial charge in [-0.1, -0.05) is 18.0 Å². The van der Waals surface area contributed by atoms with Gasteiger partial charge in [-0.15, -0.1) is 0 Å². The molecule has 3 nitrogen and oxygen atoms in total. The van der Waals surface area contributed by atoms with Crippen LogP contribution in [0.15, 0.2) is 12.4 Å². The molecule has 0 saturated heterocycles. The molecule has 15 heavy (non-hydrogen) atoms. The van der Waals surface area contributed by atoms with Crippen LogP contribution < -0.4 is 0 Å². The number of fused-ring (bicyclic) bond motifs is 3. The number of aryl methyl sites for hydroxylation is 2. The Kier molecular flexibility index (Phi) is 2.13. The quantitative estimate of drug-likeness (QED) is 0.641. The minimum absolute atomic E-state index is 0.577. The topological polar surface area (TPSA) is 30.2 Å². The number of hydrogen-bond donors (Lipinski definition) is 0. The fourth-order valence-corrected chi connectivity index (χ4v) is 2.56. The Labute approximate surface area is 93.1 Å². The lowest BCUT2D eigenvalue weighted by atomic mass is 10.1. The molecule has 0 aliphatic heterocycles. The van der Waals surface area contributed by atoms with Crippen molar-refractivity contribution in [2.75, 3.05) is 0 Å². The Bertz CT molecular complexity index is 504. The molecule has 0 atom stereocenters. The molecule has 2 aromatic heterocycles. The number of hydrogen-bond acceptors (Lipinski definition) is 2. The zero-order valence-electron chi connectivity index (χ0n) is 8.41. The van der Waals surface area contributed by atoms with E-state index >= 15 is 0 Å². The molecule has 0 fully saturated rings. The summed E-state index contributed by atoms with van der Waals surface area (Å²) in [5.74, 6) is 0. The third-order valence-corrected chi connectivity index (χ3v) is 3.30. The Balaban J connectivity index is 2.29. The van der Waals surface area contributed by atoms with Gasteiger partial charge in [-0.2, -0.15) is 5.10 Å². The standard InChI is InChI=1S/C11H12ClN3/c12-11-10-8-4-2-1-3-5-9(8)14-15(10)7-6-13-11/h6-7H,1-5H2. The fourth-order valence-electron chi connectivity index (χ4n) is 2.30. The Hall–Kier alpha value is -1.09. The first-order valence-electron chi connectivity index (χ1n) is 5.37. The predicted molar refractivity (Wildman–Crippen MR) is 59.3 cm³/mol. The highest BCUT2D eigenvalue weighted by molar-refractivity contribution is 6.32. The molecule has 0 spiro atoms. The average molecular weight is 222 g/mol. The lowest BCUT2D eigenvalue weighted by molar-refractivity contribution is 0.700. The van der Waals surface area contributed by atoms with Gasteiger partial charge in [0.15, 0.2) is 5.15 Å². The molecule has 2 heterocycles. The van der Waals surface area contributed by atoms with Crippen LogP contribution in [-0.4, -0.2) is 14.6 Å². The summed E-state index contributed by atoms with van der Waals surface area (Å²) in [4.78, 5) is 4.12. The molecule has 0 N–H and O–H groups in total. The van der Waals surface area contributed by atoms with E-state index in [1.807, 2.05) is 10.7 Å². The van der Waals surface area contributed by atoms with Crippen LogP contribution in [0.2, 0.25) is 5.15 Å². The summed E-state index contributed by atoms with van der Waals surface area (Å²) in [6.07, 6.45) is 9.50. The smallest absolute Gasteiger partial charge is 0.155 e. The van der Waals surface area contributed by atoms with E-state index in [1.165, 1.54) is 30.5 Å². The van der Waals surface area contributed by atoms with Gasteiger partial charge in [0.25, 0.3) is 0 Å². The van der Waals surface area contributed by atoms with Gasteiger partial charge in [0.05, 0.1) is 5.69 Å². The molecule has 0 unspecified atom stereocenters. The van der Waals surface area contributed by atoms with Crippen molar-refractivity contribution >= 4 is 17.1 Å². The van der Waals surface area contributed by atoms with Crippen molar-refractivity contribution in [2.45, 2.75) is 32.1 Å². The lowest BCUT2D eigenvalue weighted by Crippen LogP contribution is -1.90. The summed E-state index contributed by atoms with van der Waals surface area (Å²) < 4.78 is 1.87. The molecule has 0 aromatic carbocycles. The summed E-state index contributed by atoms with van der Waals surface area (Å²) in [5, 5.41) is 5.14. The minimum Gasteiger partial charge on any atom is -0.241 e. The molecule has 1 aliphatic carbocycles. The van der Waals surface area contributed by atoms with Crippen molar-refractivity contribution in [3.8, 4) is 0 Å². The van der Waals surface area contributed by atoms with Crippen molar-refractivity contribution in [2.24, 2.45) is 0 Å². The summed E-state index contributed by atoms with van der Waals surface area (Å²) in [7, 11) is 0. The first-order chi connectivity index (χ1) is 7.36. The van der Waals surface area contributed by atoms with Crippen molar-refractivity contribution in [3.63, 3.8) is 0 Å². The molecule has 3 rings (SSSR count). The molecule has 0 radical (unpaired) electrons. The van der Waals surface area contributed by atoms with Gasteiger partial charge in [0.2, 0.25) is 0 Å². The summed E-state index contributed by atoms with van der Waals surface area (Å²) in [5.41, 5.74) is 3.53. The maximum Gasteiger partial charge on any atom is 0.155 e. The van der Waals surface area contributed by atoms with E-state index in [1.54, 1.807) is 6.20 Å². The second-order valence-corrected chi connectivity index (χ2v) is 4.36. The molecule has 0 saturated carbocycles. The van der Waals surface area contributed by atoms with Crippen molar-refractivity contribution in [1.82, 2.24) is 14.6 Å². The van der Waals surface area contributed by atoms with Crippen molar-refractivity contribution < 1.29 is 0 Å². The lowest BCUT2D eigenvalue weighted by Gasteiger charge is -1.98. The van der Waals surface area contributed by atoms with Crippen LogP contribution in [0.25, 0.3) is 5.52 Å². The molecule has 2 aromatic rings. The highest BCUT2D eigenvalue weighted by atomic mass is 35.5. The Morgan fingerprint density at radius 3 is 3.00 bits per heavy atom. The first-order valence-corrected chi connectivity index (χ1v) is 5.74. The van der Waals surface area contributed by atoms with Crippen LogP contribution in [0.4, 0.5) is 0 Å². The van der Waals surface area contributed by atoms with Crippen LogP contribution in [0.1, 0.15) is 30.5 Å². The van der Waals surface area contributed by atoms with E-state index in [2.05, 4.69) is 10.1 Å². The molecule has 0 bridgehead atoms. The second kappa shape index (κ2) is 3.49. The third kappa shape index (κ3) is 1.42. The second-order valence-electron chi connectivity index (χ2n) is 4.00. The van der Waals surface area contributed by atoms with Gasteiger partial charge in [-0.05, 0) is 25.7 Å². The van der Waals surface area contributed by atoms with Crippen LogP contribution >= 0.6 is 11.6 Å². The van der Waals surface area contributed by atoms with E-state index in [-0.39, 0.29) is 0 Å². The molecule has 0 amide bonds. The maximum atomic E-state index is 6.12. The molecule has 1 aliphatic rings. The van der Waals surface area contributed by atoms with Gasteiger partial charge >= 0.3 is 0 Å². The van der Waals surface area contributed by atoms with E-state index in [9.17, 15) is 0 Å². The van der Waals surface area contributed by atoms with E-state index < -0.39 is 0 Å².